The first-order chi connectivity index (χ1) is 14.4. The molecule has 2 aliphatic heterocycles. The number of amides is 2. The molecule has 2 amide bonds. The highest BCUT2D eigenvalue weighted by atomic mass is 32.1. The molecule has 0 saturated carbocycles. The SMILES string of the molecule is Cc1nnc2sc(C(=O)N3CC4CC3CN4C(=O)Oc3ccccc3)c(N)c2c1C. The van der Waals surface area contributed by atoms with E-state index in [2.05, 4.69) is 10.2 Å². The first kappa shape index (κ1) is 18.8. The van der Waals surface area contributed by atoms with E-state index in [0.717, 1.165) is 23.1 Å². The number of carbonyl (C=O) groups is 2. The van der Waals surface area contributed by atoms with Crippen molar-refractivity contribution in [2.24, 2.45) is 0 Å². The van der Waals surface area contributed by atoms with Crippen LogP contribution in [-0.4, -0.2) is 57.2 Å². The van der Waals surface area contributed by atoms with Crippen LogP contribution in [0, 0.1) is 13.8 Å². The summed E-state index contributed by atoms with van der Waals surface area (Å²) in [5, 5.41) is 9.16. The molecule has 5 rings (SSSR count). The highest BCUT2D eigenvalue weighted by molar-refractivity contribution is 7.21. The Hall–Kier alpha value is -3.20. The van der Waals surface area contributed by atoms with Gasteiger partial charge in [-0.15, -0.1) is 16.4 Å². The summed E-state index contributed by atoms with van der Waals surface area (Å²) in [6.07, 6.45) is 0.377. The molecule has 2 aliphatic rings. The second-order valence-corrected chi connectivity index (χ2v) is 8.77. The van der Waals surface area contributed by atoms with E-state index in [9.17, 15) is 9.59 Å². The fourth-order valence-electron chi connectivity index (χ4n) is 4.32. The van der Waals surface area contributed by atoms with E-state index in [0.29, 0.717) is 34.2 Å². The molecule has 0 radical (unpaired) electrons. The number of aromatic nitrogens is 2. The molecule has 154 valence electrons. The number of benzene rings is 1. The average Bonchev–Trinajstić information content (AvgIpc) is 3.44. The lowest BCUT2D eigenvalue weighted by Gasteiger charge is -2.33. The quantitative estimate of drug-likeness (QED) is 0.680. The van der Waals surface area contributed by atoms with Gasteiger partial charge in [-0.3, -0.25) is 4.79 Å². The zero-order valence-corrected chi connectivity index (χ0v) is 17.5. The van der Waals surface area contributed by atoms with Crippen molar-refractivity contribution in [3.05, 3.63) is 46.5 Å². The first-order valence-corrected chi connectivity index (χ1v) is 10.6. The van der Waals surface area contributed by atoms with E-state index in [1.165, 1.54) is 11.3 Å². The van der Waals surface area contributed by atoms with Gasteiger partial charge in [-0.1, -0.05) is 18.2 Å². The van der Waals surface area contributed by atoms with Gasteiger partial charge < -0.3 is 20.3 Å². The van der Waals surface area contributed by atoms with Crippen molar-refractivity contribution in [1.82, 2.24) is 20.0 Å². The lowest BCUT2D eigenvalue weighted by Crippen LogP contribution is -2.51. The van der Waals surface area contributed by atoms with Crippen molar-refractivity contribution in [2.45, 2.75) is 32.4 Å². The average molecular weight is 423 g/mol. The topological polar surface area (TPSA) is 102 Å². The van der Waals surface area contributed by atoms with Gasteiger partial charge in [0, 0.05) is 18.5 Å². The summed E-state index contributed by atoms with van der Waals surface area (Å²) >= 11 is 1.28. The van der Waals surface area contributed by atoms with Crippen LogP contribution in [0.4, 0.5) is 10.5 Å². The summed E-state index contributed by atoms with van der Waals surface area (Å²) in [7, 11) is 0. The third kappa shape index (κ3) is 2.88. The molecule has 2 fully saturated rings. The third-order valence-corrected chi connectivity index (χ3v) is 7.09. The molecule has 2 bridgehead atoms. The standard InChI is InChI=1S/C21H21N5O3S/c1-11-12(2)23-24-19-16(11)17(22)18(30-19)20(27)25-9-14-8-13(25)10-26(14)21(28)29-15-6-4-3-5-7-15/h3-7,13-14H,8-10,22H2,1-2H3. The zero-order valence-electron chi connectivity index (χ0n) is 16.7. The molecular weight excluding hydrogens is 402 g/mol. The highest BCUT2D eigenvalue weighted by Gasteiger charge is 2.48. The van der Waals surface area contributed by atoms with Gasteiger partial charge in [0.25, 0.3) is 5.91 Å². The number of hydrogen-bond donors (Lipinski definition) is 1. The first-order valence-electron chi connectivity index (χ1n) is 9.80. The summed E-state index contributed by atoms with van der Waals surface area (Å²) in [4.78, 5) is 30.5. The van der Waals surface area contributed by atoms with Crippen LogP contribution in [0.5, 0.6) is 5.75 Å². The number of rotatable bonds is 2. The molecule has 9 heteroatoms. The molecule has 4 heterocycles. The maximum atomic E-state index is 13.3. The maximum absolute atomic E-state index is 13.3. The Balaban J connectivity index is 1.33. The van der Waals surface area contributed by atoms with Gasteiger partial charge in [-0.05, 0) is 38.0 Å². The van der Waals surface area contributed by atoms with Gasteiger partial charge in [-0.25, -0.2) is 4.79 Å². The molecule has 30 heavy (non-hydrogen) atoms. The van der Waals surface area contributed by atoms with E-state index in [1.54, 1.807) is 17.0 Å². The number of nitrogens with two attached hydrogens (primary N) is 1. The van der Waals surface area contributed by atoms with Gasteiger partial charge in [0.15, 0.2) is 0 Å². The van der Waals surface area contributed by atoms with Crippen LogP contribution in [0.3, 0.4) is 0 Å². The minimum absolute atomic E-state index is 0.0376. The Morgan fingerprint density at radius 3 is 2.50 bits per heavy atom. The van der Waals surface area contributed by atoms with Gasteiger partial charge in [0.2, 0.25) is 0 Å². The van der Waals surface area contributed by atoms with Crippen LogP contribution in [0.1, 0.15) is 27.3 Å². The van der Waals surface area contributed by atoms with Crippen molar-refractivity contribution in [2.75, 3.05) is 18.8 Å². The maximum Gasteiger partial charge on any atom is 0.415 e. The predicted octanol–water partition coefficient (Wildman–Crippen LogP) is 2.99. The second-order valence-electron chi connectivity index (χ2n) is 7.77. The minimum Gasteiger partial charge on any atom is -0.410 e. The Morgan fingerprint density at radius 1 is 1.10 bits per heavy atom. The normalized spacial score (nSPS) is 20.2. The molecule has 2 aromatic heterocycles. The van der Waals surface area contributed by atoms with Crippen LogP contribution in [0.25, 0.3) is 10.2 Å². The minimum atomic E-state index is -0.372. The van der Waals surface area contributed by atoms with E-state index in [4.69, 9.17) is 10.5 Å². The number of nitrogen functional groups attached to an aromatic ring is 1. The fourth-order valence-corrected chi connectivity index (χ4v) is 5.37. The number of aryl methyl sites for hydroxylation is 2. The van der Waals surface area contributed by atoms with Gasteiger partial charge in [0.05, 0.1) is 23.5 Å². The monoisotopic (exact) mass is 423 g/mol. The summed E-state index contributed by atoms with van der Waals surface area (Å²) < 4.78 is 5.47. The summed E-state index contributed by atoms with van der Waals surface area (Å²) in [6.45, 7) is 4.76. The molecule has 3 aromatic rings. The van der Waals surface area contributed by atoms with Gasteiger partial charge in [-0.2, -0.15) is 5.10 Å². The molecule has 0 spiro atoms. The number of fused-ring (bicyclic) bond motifs is 3. The number of carbonyl (C=O) groups excluding carboxylic acids is 2. The van der Waals surface area contributed by atoms with E-state index in [-0.39, 0.29) is 24.1 Å². The number of likely N-dealkylation sites (tertiary alicyclic amines) is 2. The van der Waals surface area contributed by atoms with Crippen LogP contribution < -0.4 is 10.5 Å². The molecule has 2 saturated heterocycles. The van der Waals surface area contributed by atoms with Gasteiger partial charge >= 0.3 is 6.09 Å². The van der Waals surface area contributed by atoms with Crippen molar-refractivity contribution in [3.63, 3.8) is 0 Å². The summed E-state index contributed by atoms with van der Waals surface area (Å²) in [5.74, 6) is 0.416. The molecule has 0 aliphatic carbocycles. The Morgan fingerprint density at radius 2 is 1.80 bits per heavy atom. The summed E-state index contributed by atoms with van der Waals surface area (Å²) in [5.41, 5.74) is 8.57. The summed E-state index contributed by atoms with van der Waals surface area (Å²) in [6, 6.07) is 8.92. The smallest absolute Gasteiger partial charge is 0.410 e. The Kier molecular flexibility index (Phi) is 4.35. The van der Waals surface area contributed by atoms with Gasteiger partial charge in [0.1, 0.15) is 15.5 Å². The number of nitrogens with zero attached hydrogens (tertiary/aromatic N) is 4. The molecule has 8 nitrogen and oxygen atoms in total. The van der Waals surface area contributed by atoms with Crippen LogP contribution in [-0.2, 0) is 0 Å². The van der Waals surface area contributed by atoms with Crippen LogP contribution >= 0.6 is 11.3 Å². The number of para-hydroxylation sites is 1. The fraction of sp³-hybridized carbons (Fsp3) is 0.333. The Labute approximate surface area is 177 Å². The number of piperazine rings is 1. The van der Waals surface area contributed by atoms with E-state index >= 15 is 0 Å². The predicted molar refractivity (Wildman–Crippen MR) is 114 cm³/mol. The van der Waals surface area contributed by atoms with Crippen molar-refractivity contribution in [3.8, 4) is 5.75 Å². The van der Waals surface area contributed by atoms with Crippen molar-refractivity contribution in [1.29, 1.82) is 0 Å². The van der Waals surface area contributed by atoms with Crippen LogP contribution in [0.2, 0.25) is 0 Å². The molecule has 2 atom stereocenters. The molecule has 2 N–H and O–H groups in total. The number of anilines is 1. The Bertz CT molecular complexity index is 1160. The number of thiophene rings is 1. The molecular formula is C21H21N5O3S. The second kappa shape index (κ2) is 6.94. The largest absolute Gasteiger partial charge is 0.415 e. The van der Waals surface area contributed by atoms with Crippen LogP contribution in [0.15, 0.2) is 30.3 Å². The highest BCUT2D eigenvalue weighted by Crippen LogP contribution is 2.38. The van der Waals surface area contributed by atoms with Crippen molar-refractivity contribution >= 4 is 39.2 Å². The zero-order chi connectivity index (χ0) is 21.0. The molecule has 1 aromatic carbocycles. The lowest BCUT2D eigenvalue weighted by atomic mass is 10.1. The van der Waals surface area contributed by atoms with E-state index < -0.39 is 0 Å². The molecule has 2 unspecified atom stereocenters. The lowest BCUT2D eigenvalue weighted by molar-refractivity contribution is 0.0627. The number of hydrogen-bond acceptors (Lipinski definition) is 7. The number of ether oxygens (including phenoxy) is 1. The van der Waals surface area contributed by atoms with E-state index in [1.807, 2.05) is 36.9 Å². The van der Waals surface area contributed by atoms with Crippen molar-refractivity contribution < 1.29 is 14.3 Å². The third-order valence-electron chi connectivity index (χ3n) is 6.01.